The summed E-state index contributed by atoms with van der Waals surface area (Å²) in [5, 5.41) is 1.50. The van der Waals surface area contributed by atoms with Crippen molar-refractivity contribution < 1.29 is 0 Å². The van der Waals surface area contributed by atoms with Gasteiger partial charge in [-0.2, -0.15) is 0 Å². The van der Waals surface area contributed by atoms with Crippen molar-refractivity contribution in [2.24, 2.45) is 0 Å². The first-order chi connectivity index (χ1) is 11.8. The molecule has 0 amide bonds. The molecule has 0 aliphatic carbocycles. The van der Waals surface area contributed by atoms with Crippen LogP contribution in [0.5, 0.6) is 0 Å². The van der Waals surface area contributed by atoms with E-state index in [1.807, 2.05) is 0 Å². The molecule has 27 heavy (non-hydrogen) atoms. The van der Waals surface area contributed by atoms with Crippen LogP contribution < -0.4 is 0 Å². The van der Waals surface area contributed by atoms with E-state index in [1.165, 1.54) is 17.9 Å². The van der Waals surface area contributed by atoms with Gasteiger partial charge in [0.1, 0.15) is 0 Å². The Morgan fingerprint density at radius 2 is 0.778 bits per heavy atom. The van der Waals surface area contributed by atoms with E-state index in [9.17, 15) is 0 Å². The molecule has 1 aromatic rings. The molecular weight excluding hydrogens is 362 g/mol. The lowest BCUT2D eigenvalue weighted by Crippen LogP contribution is -2.26. The molecule has 0 atom stereocenters. The first kappa shape index (κ1) is 25.1. The topological polar surface area (TPSA) is 0 Å². The number of hydrogen-bond donors (Lipinski definition) is 0. The summed E-state index contributed by atoms with van der Waals surface area (Å²) in [6, 6.07) is 7.41. The Labute approximate surface area is 173 Å². The van der Waals surface area contributed by atoms with Crippen LogP contribution in [0.3, 0.4) is 0 Å². The molecule has 0 saturated carbocycles. The predicted molar refractivity (Wildman–Crippen MR) is 131 cm³/mol. The predicted octanol–water partition coefficient (Wildman–Crippen LogP) is 9.15. The summed E-state index contributed by atoms with van der Waals surface area (Å²) in [5.74, 6) is 0. The molecule has 0 aliphatic heterocycles. The minimum absolute atomic E-state index is 0.104. The minimum Gasteiger partial charge on any atom is -0.0911 e. The summed E-state index contributed by atoms with van der Waals surface area (Å²) in [5.41, 5.74) is 4.54. The van der Waals surface area contributed by atoms with Crippen LogP contribution in [0.4, 0.5) is 0 Å². The smallest absolute Gasteiger partial charge is 0.00635 e. The molecule has 0 unspecified atom stereocenters. The monoisotopic (exact) mass is 408 g/mol. The molecule has 0 nitrogen and oxygen atoms in total. The number of benzene rings is 1. The van der Waals surface area contributed by atoms with Crippen molar-refractivity contribution in [1.29, 1.82) is 0 Å². The van der Waals surface area contributed by atoms with E-state index < -0.39 is 0 Å². The largest absolute Gasteiger partial charge is 0.0911 e. The molecule has 0 saturated heterocycles. The second-order valence-electron chi connectivity index (χ2n) is 12.2. The average Bonchev–Trinajstić information content (AvgIpc) is 2.36. The lowest BCUT2D eigenvalue weighted by atomic mass is 10.1. The SMILES string of the molecule is Cc1cc(CP(C(C)(C)C)C(C)(C)C)cc(CP(C(C)(C)C)C(C)(C)C)c1. The Hall–Kier alpha value is 0.0800. The molecule has 0 radical (unpaired) electrons. The summed E-state index contributed by atoms with van der Waals surface area (Å²) < 4.78 is 0. The van der Waals surface area contributed by atoms with Crippen LogP contribution in [0.15, 0.2) is 18.2 Å². The zero-order chi connectivity index (χ0) is 21.4. The van der Waals surface area contributed by atoms with Crippen LogP contribution >= 0.6 is 15.8 Å². The maximum Gasteiger partial charge on any atom is -0.00635 e. The van der Waals surface area contributed by atoms with Gasteiger partial charge in [0.25, 0.3) is 0 Å². The Morgan fingerprint density at radius 1 is 0.519 bits per heavy atom. The highest BCUT2D eigenvalue weighted by Crippen LogP contribution is 2.62. The standard InChI is InChI=1S/C25H46P2/c1-19-14-20(17-26(22(2,3)4)23(5,6)7)16-21(15-19)18-27(24(8,9)10)25(11,12)13/h14-16H,17-18H2,1-13H3. The van der Waals surface area contributed by atoms with E-state index in [0.29, 0.717) is 20.6 Å². The quantitative estimate of drug-likeness (QED) is 0.436. The third kappa shape index (κ3) is 7.78. The minimum atomic E-state index is -0.104. The van der Waals surface area contributed by atoms with Gasteiger partial charge in [-0.05, 0) is 51.0 Å². The molecule has 1 rings (SSSR count). The lowest BCUT2D eigenvalue weighted by Gasteiger charge is -2.42. The van der Waals surface area contributed by atoms with Crippen molar-refractivity contribution in [1.82, 2.24) is 0 Å². The van der Waals surface area contributed by atoms with Crippen molar-refractivity contribution in [3.8, 4) is 0 Å². The molecule has 0 bridgehead atoms. The summed E-state index contributed by atoms with van der Waals surface area (Å²) in [6.07, 6.45) is 2.47. The van der Waals surface area contributed by atoms with Crippen molar-refractivity contribution in [3.05, 3.63) is 34.9 Å². The molecule has 0 aromatic heterocycles. The summed E-state index contributed by atoms with van der Waals surface area (Å²) >= 11 is 0. The Balaban J connectivity index is 3.24. The van der Waals surface area contributed by atoms with Crippen LogP contribution in [0.25, 0.3) is 0 Å². The van der Waals surface area contributed by atoms with Gasteiger partial charge >= 0.3 is 0 Å². The highest BCUT2D eigenvalue weighted by Gasteiger charge is 2.35. The summed E-state index contributed by atoms with van der Waals surface area (Å²) in [7, 11) is -0.208. The van der Waals surface area contributed by atoms with Crippen molar-refractivity contribution in [2.45, 2.75) is 123 Å². The fourth-order valence-corrected chi connectivity index (χ4v) is 11.5. The van der Waals surface area contributed by atoms with Gasteiger partial charge < -0.3 is 0 Å². The highest BCUT2D eigenvalue weighted by atomic mass is 31.1. The van der Waals surface area contributed by atoms with Crippen molar-refractivity contribution in [2.75, 3.05) is 0 Å². The van der Waals surface area contributed by atoms with Gasteiger partial charge in [0.05, 0.1) is 0 Å². The molecule has 0 fully saturated rings. The zero-order valence-electron chi connectivity index (χ0n) is 20.5. The first-order valence-electron chi connectivity index (χ1n) is 10.5. The van der Waals surface area contributed by atoms with Crippen LogP contribution in [-0.4, -0.2) is 20.6 Å². The highest BCUT2D eigenvalue weighted by molar-refractivity contribution is 7.60. The van der Waals surface area contributed by atoms with Crippen LogP contribution in [0.2, 0.25) is 0 Å². The Kier molecular flexibility index (Phi) is 7.85. The Bertz CT molecular complexity index is 535. The molecule has 0 heterocycles. The van der Waals surface area contributed by atoms with E-state index >= 15 is 0 Å². The zero-order valence-corrected chi connectivity index (χ0v) is 22.3. The molecule has 2 heteroatoms. The molecular formula is C25H46P2. The summed E-state index contributed by atoms with van der Waals surface area (Å²) in [6.45, 7) is 31.4. The number of hydrogen-bond acceptors (Lipinski definition) is 0. The van der Waals surface area contributed by atoms with E-state index in [1.54, 1.807) is 11.1 Å². The summed E-state index contributed by atoms with van der Waals surface area (Å²) in [4.78, 5) is 0. The molecule has 0 aliphatic rings. The van der Waals surface area contributed by atoms with E-state index in [2.05, 4.69) is 108 Å². The number of aryl methyl sites for hydroxylation is 1. The van der Waals surface area contributed by atoms with Gasteiger partial charge in [-0.25, -0.2) is 0 Å². The van der Waals surface area contributed by atoms with Crippen LogP contribution in [0.1, 0.15) is 99.8 Å². The number of rotatable bonds is 4. The second kappa shape index (κ2) is 8.44. The van der Waals surface area contributed by atoms with Gasteiger partial charge in [-0.15, -0.1) is 0 Å². The third-order valence-electron chi connectivity index (χ3n) is 5.12. The maximum atomic E-state index is 2.53. The van der Waals surface area contributed by atoms with Gasteiger partial charge in [-0.1, -0.05) is 123 Å². The molecule has 1 aromatic carbocycles. The van der Waals surface area contributed by atoms with E-state index in [0.717, 1.165) is 0 Å². The van der Waals surface area contributed by atoms with Crippen LogP contribution in [-0.2, 0) is 12.3 Å². The Morgan fingerprint density at radius 3 is 1.00 bits per heavy atom. The molecule has 0 N–H and O–H groups in total. The van der Waals surface area contributed by atoms with Crippen LogP contribution in [0, 0.1) is 6.92 Å². The molecule has 0 spiro atoms. The van der Waals surface area contributed by atoms with Gasteiger partial charge in [0.2, 0.25) is 0 Å². The fraction of sp³-hybridized carbons (Fsp3) is 0.760. The van der Waals surface area contributed by atoms with Gasteiger partial charge in [0, 0.05) is 0 Å². The van der Waals surface area contributed by atoms with E-state index in [4.69, 9.17) is 0 Å². The average molecular weight is 409 g/mol. The van der Waals surface area contributed by atoms with Crippen molar-refractivity contribution in [3.63, 3.8) is 0 Å². The maximum absolute atomic E-state index is 2.53. The van der Waals surface area contributed by atoms with E-state index in [-0.39, 0.29) is 15.8 Å². The van der Waals surface area contributed by atoms with Gasteiger partial charge in [-0.3, -0.25) is 0 Å². The molecule has 156 valence electrons. The first-order valence-corrected chi connectivity index (χ1v) is 13.5. The lowest BCUT2D eigenvalue weighted by molar-refractivity contribution is 0.702. The third-order valence-corrected chi connectivity index (χ3v) is 13.0. The van der Waals surface area contributed by atoms with Crippen molar-refractivity contribution >= 4 is 15.8 Å². The normalized spacial score (nSPS) is 14.3. The van der Waals surface area contributed by atoms with Gasteiger partial charge in [0.15, 0.2) is 0 Å². The fourth-order valence-electron chi connectivity index (χ4n) is 4.46. The second-order valence-corrected chi connectivity index (χ2v) is 19.9.